The standard InChI is InChI=1S/C18H15N5O3/c24-17(25)12-26-15-8-6-13(7-9-15)10-19-22-18-21-16(11-20-23-18)14-4-2-1-3-5-14/h1-11H,12H2,(H,24,25)(H,21,22,23)/b19-10+. The Morgan fingerprint density at radius 2 is 1.92 bits per heavy atom. The molecular formula is C18H15N5O3. The number of anilines is 1. The second kappa shape index (κ2) is 8.34. The number of rotatable bonds is 7. The maximum Gasteiger partial charge on any atom is 0.341 e. The van der Waals surface area contributed by atoms with E-state index in [0.717, 1.165) is 11.1 Å². The van der Waals surface area contributed by atoms with Crippen molar-refractivity contribution in [2.75, 3.05) is 12.0 Å². The first kappa shape index (κ1) is 17.0. The Labute approximate surface area is 149 Å². The molecule has 0 unspecified atom stereocenters. The first-order valence-corrected chi connectivity index (χ1v) is 7.69. The zero-order valence-corrected chi connectivity index (χ0v) is 13.6. The average molecular weight is 349 g/mol. The molecule has 1 aromatic heterocycles. The Balaban J connectivity index is 1.61. The number of aromatic nitrogens is 3. The van der Waals surface area contributed by atoms with E-state index in [0.29, 0.717) is 11.4 Å². The molecule has 3 rings (SSSR count). The van der Waals surface area contributed by atoms with Crippen molar-refractivity contribution in [3.8, 4) is 17.0 Å². The molecule has 0 aliphatic rings. The van der Waals surface area contributed by atoms with E-state index in [1.54, 1.807) is 36.7 Å². The van der Waals surface area contributed by atoms with E-state index < -0.39 is 5.97 Å². The fourth-order valence-electron chi connectivity index (χ4n) is 2.06. The minimum atomic E-state index is -1.02. The number of carbonyl (C=O) groups is 1. The van der Waals surface area contributed by atoms with E-state index in [-0.39, 0.29) is 12.6 Å². The molecule has 0 amide bonds. The predicted octanol–water partition coefficient (Wildman–Crippen LogP) is 2.45. The Morgan fingerprint density at radius 3 is 2.65 bits per heavy atom. The number of benzene rings is 2. The van der Waals surface area contributed by atoms with Gasteiger partial charge >= 0.3 is 5.97 Å². The summed E-state index contributed by atoms with van der Waals surface area (Å²) in [5, 5.41) is 20.5. The molecule has 0 bridgehead atoms. The van der Waals surface area contributed by atoms with Gasteiger partial charge in [0.1, 0.15) is 5.75 Å². The van der Waals surface area contributed by atoms with Crippen LogP contribution < -0.4 is 10.2 Å². The maximum absolute atomic E-state index is 10.5. The van der Waals surface area contributed by atoms with Gasteiger partial charge in [-0.3, -0.25) is 0 Å². The molecule has 0 radical (unpaired) electrons. The molecule has 1 heterocycles. The van der Waals surface area contributed by atoms with Crippen molar-refractivity contribution in [2.24, 2.45) is 5.10 Å². The van der Waals surface area contributed by atoms with Crippen LogP contribution in [0.25, 0.3) is 11.3 Å². The third-order valence-electron chi connectivity index (χ3n) is 3.25. The number of hydrazone groups is 1. The molecular weight excluding hydrogens is 334 g/mol. The summed E-state index contributed by atoms with van der Waals surface area (Å²) in [6.45, 7) is -0.378. The van der Waals surface area contributed by atoms with Crippen molar-refractivity contribution in [2.45, 2.75) is 0 Å². The maximum atomic E-state index is 10.5. The molecule has 0 spiro atoms. The number of hydrogen-bond donors (Lipinski definition) is 2. The summed E-state index contributed by atoms with van der Waals surface area (Å²) in [4.78, 5) is 14.8. The lowest BCUT2D eigenvalue weighted by molar-refractivity contribution is -0.139. The highest BCUT2D eigenvalue weighted by Gasteiger charge is 2.02. The van der Waals surface area contributed by atoms with Crippen LogP contribution in [-0.2, 0) is 4.79 Å². The molecule has 3 aromatic rings. The van der Waals surface area contributed by atoms with Gasteiger partial charge in [0.15, 0.2) is 6.61 Å². The smallest absolute Gasteiger partial charge is 0.341 e. The van der Waals surface area contributed by atoms with Crippen LogP contribution in [0.1, 0.15) is 5.56 Å². The van der Waals surface area contributed by atoms with Crippen LogP contribution in [0, 0.1) is 0 Å². The van der Waals surface area contributed by atoms with Gasteiger partial charge in [-0.15, -0.1) is 5.10 Å². The molecule has 130 valence electrons. The Kier molecular flexibility index (Phi) is 5.46. The molecule has 2 N–H and O–H groups in total. The second-order valence-corrected chi connectivity index (χ2v) is 5.15. The summed E-state index contributed by atoms with van der Waals surface area (Å²) in [5.41, 5.74) is 5.16. The van der Waals surface area contributed by atoms with E-state index in [9.17, 15) is 4.79 Å². The molecule has 0 aliphatic carbocycles. The van der Waals surface area contributed by atoms with E-state index in [1.807, 2.05) is 30.3 Å². The molecule has 0 atom stereocenters. The summed E-state index contributed by atoms with van der Waals surface area (Å²) in [7, 11) is 0. The van der Waals surface area contributed by atoms with Gasteiger partial charge in [-0.25, -0.2) is 15.2 Å². The SMILES string of the molecule is O=C(O)COc1ccc(/C=N/Nc2nncc(-c3ccccc3)n2)cc1. The third-order valence-corrected chi connectivity index (χ3v) is 3.25. The van der Waals surface area contributed by atoms with Crippen molar-refractivity contribution in [1.29, 1.82) is 0 Å². The van der Waals surface area contributed by atoms with Gasteiger partial charge in [-0.2, -0.15) is 10.2 Å². The largest absolute Gasteiger partial charge is 0.482 e. The quantitative estimate of drug-likeness (QED) is 0.498. The van der Waals surface area contributed by atoms with Crippen LogP contribution in [0.4, 0.5) is 5.95 Å². The topological polar surface area (TPSA) is 110 Å². The monoisotopic (exact) mass is 349 g/mol. The Bertz CT molecular complexity index is 898. The number of aliphatic carboxylic acids is 1. The van der Waals surface area contributed by atoms with Crippen molar-refractivity contribution >= 4 is 18.1 Å². The lowest BCUT2D eigenvalue weighted by Gasteiger charge is -2.03. The first-order chi connectivity index (χ1) is 12.7. The molecule has 2 aromatic carbocycles. The summed E-state index contributed by atoms with van der Waals surface area (Å²) in [6.07, 6.45) is 3.17. The van der Waals surface area contributed by atoms with Gasteiger partial charge in [-0.1, -0.05) is 30.3 Å². The van der Waals surface area contributed by atoms with Crippen LogP contribution in [0.3, 0.4) is 0 Å². The zero-order valence-electron chi connectivity index (χ0n) is 13.6. The molecule has 8 heteroatoms. The van der Waals surface area contributed by atoms with Gasteiger partial charge in [0.25, 0.3) is 5.95 Å². The van der Waals surface area contributed by atoms with Crippen molar-refractivity contribution in [1.82, 2.24) is 15.2 Å². The Hall–Kier alpha value is -3.81. The van der Waals surface area contributed by atoms with Crippen LogP contribution in [-0.4, -0.2) is 39.1 Å². The number of nitrogens with one attached hydrogen (secondary N) is 1. The van der Waals surface area contributed by atoms with Gasteiger partial charge < -0.3 is 9.84 Å². The molecule has 0 fully saturated rings. The van der Waals surface area contributed by atoms with E-state index >= 15 is 0 Å². The van der Waals surface area contributed by atoms with E-state index in [4.69, 9.17) is 9.84 Å². The third kappa shape index (κ3) is 4.84. The first-order valence-electron chi connectivity index (χ1n) is 7.69. The molecule has 0 saturated heterocycles. The highest BCUT2D eigenvalue weighted by molar-refractivity contribution is 5.80. The van der Waals surface area contributed by atoms with E-state index in [2.05, 4.69) is 25.7 Å². The van der Waals surface area contributed by atoms with Crippen LogP contribution in [0.15, 0.2) is 65.9 Å². The lowest BCUT2D eigenvalue weighted by atomic mass is 10.2. The lowest BCUT2D eigenvalue weighted by Crippen LogP contribution is -2.09. The fraction of sp³-hybridized carbons (Fsp3) is 0.0556. The number of carboxylic acids is 1. The zero-order chi connectivity index (χ0) is 18.2. The normalized spacial score (nSPS) is 10.6. The van der Waals surface area contributed by atoms with Crippen LogP contribution >= 0.6 is 0 Å². The molecule has 8 nitrogen and oxygen atoms in total. The predicted molar refractivity (Wildman–Crippen MR) is 96.1 cm³/mol. The van der Waals surface area contributed by atoms with Crippen molar-refractivity contribution < 1.29 is 14.6 Å². The minimum Gasteiger partial charge on any atom is -0.482 e. The minimum absolute atomic E-state index is 0.281. The number of hydrogen-bond acceptors (Lipinski definition) is 7. The molecule has 0 aliphatic heterocycles. The molecule has 0 saturated carbocycles. The van der Waals surface area contributed by atoms with Crippen molar-refractivity contribution in [3.63, 3.8) is 0 Å². The summed E-state index contributed by atoms with van der Waals surface area (Å²) in [5.74, 6) is -0.268. The molecule has 26 heavy (non-hydrogen) atoms. The van der Waals surface area contributed by atoms with Crippen molar-refractivity contribution in [3.05, 3.63) is 66.4 Å². The number of carboxylic acid groups (broad SMARTS) is 1. The average Bonchev–Trinajstić information content (AvgIpc) is 2.68. The summed E-state index contributed by atoms with van der Waals surface area (Å²) in [6, 6.07) is 16.5. The van der Waals surface area contributed by atoms with Crippen LogP contribution in [0.5, 0.6) is 5.75 Å². The van der Waals surface area contributed by atoms with Gasteiger partial charge in [0.05, 0.1) is 18.1 Å². The van der Waals surface area contributed by atoms with E-state index in [1.165, 1.54) is 0 Å². The highest BCUT2D eigenvalue weighted by Crippen LogP contribution is 2.15. The fourth-order valence-corrected chi connectivity index (χ4v) is 2.06. The van der Waals surface area contributed by atoms with Gasteiger partial charge in [0, 0.05) is 5.56 Å². The number of ether oxygens (including phenoxy) is 1. The number of nitrogens with zero attached hydrogens (tertiary/aromatic N) is 4. The van der Waals surface area contributed by atoms with Gasteiger partial charge in [-0.05, 0) is 29.8 Å². The van der Waals surface area contributed by atoms with Gasteiger partial charge in [0.2, 0.25) is 0 Å². The van der Waals surface area contributed by atoms with Crippen LogP contribution in [0.2, 0.25) is 0 Å². The highest BCUT2D eigenvalue weighted by atomic mass is 16.5. The second-order valence-electron chi connectivity index (χ2n) is 5.15. The Morgan fingerprint density at radius 1 is 1.15 bits per heavy atom. The summed E-state index contributed by atoms with van der Waals surface area (Å²) >= 11 is 0. The summed E-state index contributed by atoms with van der Waals surface area (Å²) < 4.78 is 5.06.